The minimum absolute atomic E-state index is 0.0171. The van der Waals surface area contributed by atoms with Gasteiger partial charge in [-0.3, -0.25) is 14.2 Å². The standard InChI is InChI=1S/C23H23ClN2O2S2/c1-13(2)11-26-22(28)20-17-9-4-14(3)10-19(17)30-21(20)25-23(26)29-12-18(27)15-5-7-16(24)8-6-15/h5-8,14H,1,4,9-12H2,2-3H3. The third-order valence-electron chi connectivity index (χ3n) is 5.31. The monoisotopic (exact) mass is 458 g/mol. The summed E-state index contributed by atoms with van der Waals surface area (Å²) >= 11 is 8.85. The fourth-order valence-electron chi connectivity index (χ4n) is 3.77. The molecule has 0 bridgehead atoms. The van der Waals surface area contributed by atoms with E-state index in [1.807, 2.05) is 6.92 Å². The van der Waals surface area contributed by atoms with E-state index in [1.54, 1.807) is 40.2 Å². The molecule has 0 saturated heterocycles. The van der Waals surface area contributed by atoms with Crippen molar-refractivity contribution in [2.24, 2.45) is 5.92 Å². The lowest BCUT2D eigenvalue weighted by Gasteiger charge is -2.17. The highest BCUT2D eigenvalue weighted by Gasteiger charge is 2.25. The van der Waals surface area contributed by atoms with Gasteiger partial charge in [-0.1, -0.05) is 42.4 Å². The van der Waals surface area contributed by atoms with Crippen LogP contribution < -0.4 is 5.56 Å². The fraction of sp³-hybridized carbons (Fsp3) is 0.348. The molecule has 0 fully saturated rings. The minimum Gasteiger partial charge on any atom is -0.293 e. The summed E-state index contributed by atoms with van der Waals surface area (Å²) in [6.45, 7) is 8.53. The van der Waals surface area contributed by atoms with Crippen LogP contribution in [-0.4, -0.2) is 21.1 Å². The van der Waals surface area contributed by atoms with Gasteiger partial charge in [0.15, 0.2) is 10.9 Å². The zero-order valence-corrected chi connectivity index (χ0v) is 19.4. The number of carbonyl (C=O) groups excluding carboxylic acids is 1. The molecular weight excluding hydrogens is 436 g/mol. The molecule has 0 aliphatic heterocycles. The first kappa shape index (κ1) is 21.3. The van der Waals surface area contributed by atoms with Crippen LogP contribution in [0.5, 0.6) is 0 Å². The Morgan fingerprint density at radius 1 is 1.37 bits per heavy atom. The summed E-state index contributed by atoms with van der Waals surface area (Å²) in [7, 11) is 0. The van der Waals surface area contributed by atoms with Gasteiger partial charge in [0.25, 0.3) is 5.56 Å². The van der Waals surface area contributed by atoms with E-state index in [0.29, 0.717) is 28.2 Å². The van der Waals surface area contributed by atoms with Crippen molar-refractivity contribution in [3.63, 3.8) is 0 Å². The first-order valence-corrected chi connectivity index (χ1v) is 12.1. The lowest BCUT2D eigenvalue weighted by Crippen LogP contribution is -2.25. The number of nitrogens with zero attached hydrogens (tertiary/aromatic N) is 2. The second kappa shape index (κ2) is 8.69. The Bertz CT molecular complexity index is 1190. The molecule has 1 atom stereocenters. The number of hydrogen-bond donors (Lipinski definition) is 0. The van der Waals surface area contributed by atoms with E-state index in [-0.39, 0.29) is 17.1 Å². The zero-order chi connectivity index (χ0) is 21.4. The van der Waals surface area contributed by atoms with Crippen LogP contribution in [0.3, 0.4) is 0 Å². The molecule has 0 N–H and O–H groups in total. The van der Waals surface area contributed by atoms with Crippen LogP contribution in [0, 0.1) is 5.92 Å². The molecule has 1 unspecified atom stereocenters. The lowest BCUT2D eigenvalue weighted by atomic mass is 9.89. The molecule has 0 amide bonds. The van der Waals surface area contributed by atoms with Gasteiger partial charge in [0.2, 0.25) is 0 Å². The van der Waals surface area contributed by atoms with Crippen LogP contribution in [0.2, 0.25) is 5.02 Å². The Morgan fingerprint density at radius 3 is 2.80 bits per heavy atom. The van der Waals surface area contributed by atoms with Crippen LogP contribution in [0.15, 0.2) is 46.4 Å². The molecule has 1 aromatic carbocycles. The molecule has 4 rings (SSSR count). The van der Waals surface area contributed by atoms with E-state index in [1.165, 1.54) is 22.2 Å². The fourth-order valence-corrected chi connectivity index (χ4v) is 6.22. The highest BCUT2D eigenvalue weighted by atomic mass is 35.5. The van der Waals surface area contributed by atoms with Gasteiger partial charge in [-0.25, -0.2) is 4.98 Å². The van der Waals surface area contributed by atoms with Gasteiger partial charge < -0.3 is 0 Å². The number of halogens is 1. The second-order valence-corrected chi connectivity index (χ2v) is 10.5. The van der Waals surface area contributed by atoms with Crippen molar-refractivity contribution in [1.29, 1.82) is 0 Å². The molecule has 2 heterocycles. The number of rotatable bonds is 6. The Kier molecular flexibility index (Phi) is 6.19. The Morgan fingerprint density at radius 2 is 2.10 bits per heavy atom. The predicted octanol–water partition coefficient (Wildman–Crippen LogP) is 5.79. The minimum atomic E-state index is -0.0211. The van der Waals surface area contributed by atoms with Crippen LogP contribution in [0.25, 0.3) is 10.2 Å². The highest BCUT2D eigenvalue weighted by Crippen LogP contribution is 2.36. The smallest absolute Gasteiger partial charge is 0.263 e. The van der Waals surface area contributed by atoms with E-state index >= 15 is 0 Å². The number of hydrogen-bond acceptors (Lipinski definition) is 5. The number of ketones is 1. The maximum atomic E-state index is 13.4. The van der Waals surface area contributed by atoms with Crippen molar-refractivity contribution in [3.8, 4) is 0 Å². The summed E-state index contributed by atoms with van der Waals surface area (Å²) in [5.74, 6) is 0.818. The largest absolute Gasteiger partial charge is 0.293 e. The Labute approximate surface area is 189 Å². The van der Waals surface area contributed by atoms with Crippen molar-refractivity contribution >= 4 is 50.7 Å². The summed E-state index contributed by atoms with van der Waals surface area (Å²) in [4.78, 5) is 32.9. The molecule has 3 aromatic rings. The number of allylic oxidation sites excluding steroid dienone is 1. The Hall–Kier alpha value is -1.89. The van der Waals surface area contributed by atoms with E-state index < -0.39 is 0 Å². The number of aryl methyl sites for hydroxylation is 1. The van der Waals surface area contributed by atoms with Crippen molar-refractivity contribution in [2.75, 3.05) is 5.75 Å². The number of carbonyl (C=O) groups is 1. The quantitative estimate of drug-likeness (QED) is 0.203. The van der Waals surface area contributed by atoms with Gasteiger partial charge in [-0.15, -0.1) is 11.3 Å². The highest BCUT2D eigenvalue weighted by molar-refractivity contribution is 7.99. The predicted molar refractivity (Wildman–Crippen MR) is 126 cm³/mol. The maximum absolute atomic E-state index is 13.4. The molecule has 1 aliphatic carbocycles. The number of Topliss-reactive ketones (excluding diaryl/α,β-unsaturated/α-hetero) is 1. The molecule has 156 valence electrons. The van der Waals surface area contributed by atoms with Crippen LogP contribution in [0.4, 0.5) is 0 Å². The van der Waals surface area contributed by atoms with Crippen molar-refractivity contribution in [2.45, 2.75) is 44.8 Å². The SMILES string of the molecule is C=C(C)Cn1c(SCC(=O)c2ccc(Cl)cc2)nc2sc3c(c2c1=O)CCC(C)C3. The molecular formula is C23H23ClN2O2S2. The normalized spacial score (nSPS) is 15.9. The summed E-state index contributed by atoms with van der Waals surface area (Å²) in [5.41, 5.74) is 2.63. The molecule has 0 saturated carbocycles. The van der Waals surface area contributed by atoms with E-state index in [9.17, 15) is 9.59 Å². The van der Waals surface area contributed by atoms with E-state index in [4.69, 9.17) is 16.6 Å². The number of thiophene rings is 1. The van der Waals surface area contributed by atoms with Gasteiger partial charge in [-0.05, 0) is 61.9 Å². The molecule has 1 aliphatic rings. The molecule has 4 nitrogen and oxygen atoms in total. The average molecular weight is 459 g/mol. The van der Waals surface area contributed by atoms with Crippen LogP contribution in [0.1, 0.15) is 41.1 Å². The summed E-state index contributed by atoms with van der Waals surface area (Å²) in [5, 5.41) is 1.93. The van der Waals surface area contributed by atoms with Crippen LogP contribution >= 0.6 is 34.7 Å². The summed E-state index contributed by atoms with van der Waals surface area (Å²) < 4.78 is 1.68. The van der Waals surface area contributed by atoms with E-state index in [0.717, 1.165) is 35.1 Å². The summed E-state index contributed by atoms with van der Waals surface area (Å²) in [6.07, 6.45) is 3.04. The first-order valence-electron chi connectivity index (χ1n) is 9.94. The third-order valence-corrected chi connectivity index (χ3v) is 7.68. The van der Waals surface area contributed by atoms with E-state index in [2.05, 4.69) is 13.5 Å². The van der Waals surface area contributed by atoms with Gasteiger partial charge in [0.05, 0.1) is 11.1 Å². The van der Waals surface area contributed by atoms with Gasteiger partial charge in [-0.2, -0.15) is 0 Å². The molecule has 2 aromatic heterocycles. The molecule has 0 radical (unpaired) electrons. The van der Waals surface area contributed by atoms with Crippen molar-refractivity contribution < 1.29 is 4.79 Å². The maximum Gasteiger partial charge on any atom is 0.263 e. The van der Waals surface area contributed by atoms with Crippen molar-refractivity contribution in [3.05, 3.63) is 67.8 Å². The number of thioether (sulfide) groups is 1. The third kappa shape index (κ3) is 4.27. The Balaban J connectivity index is 1.71. The average Bonchev–Trinajstić information content (AvgIpc) is 3.06. The summed E-state index contributed by atoms with van der Waals surface area (Å²) in [6, 6.07) is 6.85. The number of aromatic nitrogens is 2. The molecule has 0 spiro atoms. The zero-order valence-electron chi connectivity index (χ0n) is 17.0. The number of benzene rings is 1. The van der Waals surface area contributed by atoms with Gasteiger partial charge >= 0.3 is 0 Å². The molecule has 30 heavy (non-hydrogen) atoms. The van der Waals surface area contributed by atoms with Crippen molar-refractivity contribution in [1.82, 2.24) is 9.55 Å². The lowest BCUT2D eigenvalue weighted by molar-refractivity contribution is 0.102. The number of fused-ring (bicyclic) bond motifs is 3. The molecule has 7 heteroatoms. The van der Waals surface area contributed by atoms with Crippen LogP contribution in [-0.2, 0) is 19.4 Å². The first-order chi connectivity index (χ1) is 14.3. The topological polar surface area (TPSA) is 52.0 Å². The van der Waals surface area contributed by atoms with Gasteiger partial charge in [0.1, 0.15) is 4.83 Å². The van der Waals surface area contributed by atoms with Gasteiger partial charge in [0, 0.05) is 22.0 Å². The second-order valence-electron chi connectivity index (χ2n) is 7.99.